The van der Waals surface area contributed by atoms with Crippen LogP contribution in [0.4, 0.5) is 0 Å². The Kier molecular flexibility index (Phi) is 94.3. The maximum absolute atomic E-state index is 9.73. The molecule has 0 rings (SSSR count). The Morgan fingerprint density at radius 2 is 1.10 bits per heavy atom. The number of hydrogen-bond acceptors (Lipinski definition) is 5. The summed E-state index contributed by atoms with van der Waals surface area (Å²) < 4.78 is 0. The van der Waals surface area contributed by atoms with E-state index in [0.717, 1.165) is 18.2 Å². The van der Waals surface area contributed by atoms with Gasteiger partial charge in [0, 0.05) is 164 Å². The Balaban J connectivity index is -0.0000000282. The SMILES string of the molecule is O=[C-]/C=C\[C-]=O.O=[C-]C=C([C-]=O)C[C-]=O.[Y].[Y].[Y].[Y].[Y]. The first-order chi connectivity index (χ1) is 7.26. The largest absolute Gasteiger partial charge is 0.543 e. The summed E-state index contributed by atoms with van der Waals surface area (Å²) in [6.07, 6.45) is 9.50. The van der Waals surface area contributed by atoms with Crippen LogP contribution < -0.4 is 0 Å². The quantitative estimate of drug-likeness (QED) is 0.283. The van der Waals surface area contributed by atoms with Crippen LogP contribution in [0, 0.1) is 0 Å². The standard InChI is InChI=1S/C6H3O3.C4H2O2.5Y/c7-3-1-6(5-9)2-4-8;5-3-1-2-4-6;;;;;/h1H,2H2;1-2H;;;;;/q-3;-2;;;;;/b;2-1-;;;;;. The molecule has 5 radical (unpaired) electrons. The maximum atomic E-state index is 9.73. The summed E-state index contributed by atoms with van der Waals surface area (Å²) in [7, 11) is 0. The van der Waals surface area contributed by atoms with Crippen LogP contribution in [0.15, 0.2) is 23.8 Å². The zero-order valence-corrected chi connectivity index (χ0v) is 24.6. The molecule has 0 spiro atoms. The van der Waals surface area contributed by atoms with Crippen LogP contribution in [-0.2, 0) is 188 Å². The van der Waals surface area contributed by atoms with Crippen molar-refractivity contribution in [3.63, 3.8) is 0 Å². The Morgan fingerprint density at radius 3 is 1.30 bits per heavy atom. The van der Waals surface area contributed by atoms with Crippen molar-refractivity contribution < 1.29 is 188 Å². The second kappa shape index (κ2) is 43.2. The molecule has 0 aromatic rings. The van der Waals surface area contributed by atoms with E-state index in [4.69, 9.17) is 0 Å². The molecule has 0 aliphatic carbocycles. The van der Waals surface area contributed by atoms with Crippen molar-refractivity contribution in [2.45, 2.75) is 6.42 Å². The fourth-order valence-corrected chi connectivity index (χ4v) is 0.334. The molecular weight excluding hydrogens is 645 g/mol. The van der Waals surface area contributed by atoms with E-state index in [2.05, 4.69) is 0 Å². The molecule has 5 nitrogen and oxygen atoms in total. The summed E-state index contributed by atoms with van der Waals surface area (Å²) in [5.74, 6) is 0. The van der Waals surface area contributed by atoms with E-state index in [-0.39, 0.29) is 176 Å². The van der Waals surface area contributed by atoms with E-state index in [0.29, 0.717) is 0 Å². The molecule has 0 unspecified atom stereocenters. The van der Waals surface area contributed by atoms with Gasteiger partial charge in [-0.1, -0.05) is 0 Å². The molecule has 0 bridgehead atoms. The van der Waals surface area contributed by atoms with Crippen molar-refractivity contribution in [2.75, 3.05) is 0 Å². The molecular formula is C10H5O5Y5-5. The zero-order chi connectivity index (χ0) is 11.9. The summed E-state index contributed by atoms with van der Waals surface area (Å²) in [4.78, 5) is 47.2. The Labute approximate surface area is 243 Å². The normalized spacial score (nSPS) is 7.30. The maximum Gasteiger partial charge on any atom is 0 e. The van der Waals surface area contributed by atoms with Gasteiger partial charge in [-0.3, -0.25) is 6.29 Å². The first-order valence-corrected chi connectivity index (χ1v) is 3.47. The predicted octanol–water partition coefficient (Wildman–Crippen LogP) is -0.618. The van der Waals surface area contributed by atoms with E-state index in [1.807, 2.05) is 0 Å². The second-order valence-electron chi connectivity index (χ2n) is 1.78. The van der Waals surface area contributed by atoms with E-state index < -0.39 is 0 Å². The number of allylic oxidation sites excluding steroid dienone is 4. The first-order valence-electron chi connectivity index (χ1n) is 3.47. The van der Waals surface area contributed by atoms with Gasteiger partial charge in [0.2, 0.25) is 0 Å². The molecule has 20 heavy (non-hydrogen) atoms. The third-order valence-electron chi connectivity index (χ3n) is 0.846. The molecule has 0 aliphatic rings. The van der Waals surface area contributed by atoms with Crippen LogP contribution in [0.3, 0.4) is 0 Å². The van der Waals surface area contributed by atoms with Gasteiger partial charge < -0.3 is 47.8 Å². The third-order valence-corrected chi connectivity index (χ3v) is 0.846. The smallest absolute Gasteiger partial charge is 0 e. The van der Waals surface area contributed by atoms with Gasteiger partial charge in [0.15, 0.2) is 0 Å². The average molecular weight is 650 g/mol. The molecule has 0 atom stereocenters. The van der Waals surface area contributed by atoms with Gasteiger partial charge in [-0.15, -0.1) is 25.1 Å². The Morgan fingerprint density at radius 1 is 0.700 bits per heavy atom. The van der Waals surface area contributed by atoms with Crippen LogP contribution >= 0.6 is 0 Å². The number of carbonyl (C=O) groups excluding carboxylic acids is 5. The van der Waals surface area contributed by atoms with Gasteiger partial charge in [0.25, 0.3) is 0 Å². The summed E-state index contributed by atoms with van der Waals surface area (Å²) in [6.45, 7) is 0. The molecule has 0 aliphatic heterocycles. The van der Waals surface area contributed by atoms with Gasteiger partial charge in [-0.2, -0.15) is 0 Å². The minimum Gasteiger partial charge on any atom is -0.543 e. The van der Waals surface area contributed by atoms with Crippen molar-refractivity contribution in [3.05, 3.63) is 23.8 Å². The van der Waals surface area contributed by atoms with E-state index in [9.17, 15) is 24.0 Å². The molecule has 0 amide bonds. The topological polar surface area (TPSA) is 85.3 Å². The molecule has 0 aromatic heterocycles. The van der Waals surface area contributed by atoms with E-state index in [1.165, 1.54) is 31.4 Å². The van der Waals surface area contributed by atoms with Crippen LogP contribution in [0.2, 0.25) is 0 Å². The summed E-state index contributed by atoms with van der Waals surface area (Å²) in [5.41, 5.74) is -0.0278. The van der Waals surface area contributed by atoms with Crippen LogP contribution in [0.5, 0.6) is 0 Å². The van der Waals surface area contributed by atoms with Gasteiger partial charge >= 0.3 is 0 Å². The minimum atomic E-state index is -0.196. The van der Waals surface area contributed by atoms with Gasteiger partial charge in [0.1, 0.15) is 0 Å². The summed E-state index contributed by atoms with van der Waals surface area (Å²) in [5, 5.41) is 0. The van der Waals surface area contributed by atoms with Crippen molar-refractivity contribution in [3.8, 4) is 0 Å². The van der Waals surface area contributed by atoms with Crippen molar-refractivity contribution >= 4 is 31.4 Å². The predicted molar refractivity (Wildman–Crippen MR) is 50.3 cm³/mol. The average Bonchev–Trinajstić information content (AvgIpc) is 2.27. The van der Waals surface area contributed by atoms with Crippen LogP contribution in [-0.4, -0.2) is 31.4 Å². The van der Waals surface area contributed by atoms with E-state index in [1.54, 1.807) is 0 Å². The molecule has 0 saturated heterocycles. The van der Waals surface area contributed by atoms with Crippen molar-refractivity contribution in [1.29, 1.82) is 0 Å². The monoisotopic (exact) mass is 650 g/mol. The zero-order valence-electron chi connectivity index (χ0n) is 10.4. The molecule has 10 heteroatoms. The van der Waals surface area contributed by atoms with Crippen LogP contribution in [0.1, 0.15) is 6.42 Å². The van der Waals surface area contributed by atoms with Crippen molar-refractivity contribution in [2.24, 2.45) is 0 Å². The van der Waals surface area contributed by atoms with E-state index >= 15 is 0 Å². The van der Waals surface area contributed by atoms with Crippen LogP contribution in [0.25, 0.3) is 0 Å². The number of rotatable bonds is 6. The fourth-order valence-electron chi connectivity index (χ4n) is 0.334. The third kappa shape index (κ3) is 42.9. The van der Waals surface area contributed by atoms with Crippen molar-refractivity contribution in [1.82, 2.24) is 0 Å². The van der Waals surface area contributed by atoms with Gasteiger partial charge in [-0.25, -0.2) is 6.42 Å². The van der Waals surface area contributed by atoms with Gasteiger partial charge in [-0.05, 0) is 0 Å². The second-order valence-corrected chi connectivity index (χ2v) is 1.78. The Bertz CT molecular complexity index is 282. The molecule has 0 saturated carbocycles. The number of hydrogen-bond donors (Lipinski definition) is 0. The minimum absolute atomic E-state index is 0. The first kappa shape index (κ1) is 43.6. The molecule has 0 fully saturated rings. The molecule has 0 N–H and O–H groups in total. The molecule has 0 heterocycles. The summed E-state index contributed by atoms with van der Waals surface area (Å²) in [6, 6.07) is 0. The molecule has 0 aromatic carbocycles. The Hall–Kier alpha value is 3.35. The fraction of sp³-hybridized carbons (Fsp3) is 0.100. The molecule has 95 valence electrons. The summed E-state index contributed by atoms with van der Waals surface area (Å²) >= 11 is 0. The van der Waals surface area contributed by atoms with Gasteiger partial charge in [0.05, 0.1) is 0 Å².